The van der Waals surface area contributed by atoms with Crippen LogP contribution < -0.4 is 10.2 Å². The van der Waals surface area contributed by atoms with Crippen molar-refractivity contribution in [2.75, 3.05) is 23.4 Å². The lowest BCUT2D eigenvalue weighted by atomic mass is 9.86. The van der Waals surface area contributed by atoms with E-state index in [0.717, 1.165) is 36.0 Å². The molecule has 2 heterocycles. The van der Waals surface area contributed by atoms with E-state index in [2.05, 4.69) is 22.3 Å². The lowest BCUT2D eigenvalue weighted by Crippen LogP contribution is -2.37. The van der Waals surface area contributed by atoms with Crippen LogP contribution in [0.2, 0.25) is 0 Å². The molecule has 7 heteroatoms. The largest absolute Gasteiger partial charge is 0.462 e. The molecule has 0 amide bonds. The zero-order valence-electron chi connectivity index (χ0n) is 20.3. The SMILES string of the molecule is CCOC(=O)c1cccc(Nc2cc(N3CCCC[C@@H]3C)c3noc4c3c2C(=O)c2ccccc2-4)c1. The van der Waals surface area contributed by atoms with Gasteiger partial charge in [-0.2, -0.15) is 0 Å². The molecule has 182 valence electrons. The molecule has 0 unspecified atom stereocenters. The van der Waals surface area contributed by atoms with Gasteiger partial charge in [0.1, 0.15) is 5.52 Å². The van der Waals surface area contributed by atoms with Crippen LogP contribution >= 0.6 is 0 Å². The molecule has 36 heavy (non-hydrogen) atoms. The number of nitrogens with one attached hydrogen (secondary N) is 1. The van der Waals surface area contributed by atoms with Crippen LogP contribution in [-0.2, 0) is 4.74 Å². The first-order valence-electron chi connectivity index (χ1n) is 12.5. The number of carbonyl (C=O) groups excluding carboxylic acids is 2. The number of ketones is 1. The maximum absolute atomic E-state index is 13.8. The highest BCUT2D eigenvalue weighted by atomic mass is 16.5. The van der Waals surface area contributed by atoms with E-state index < -0.39 is 0 Å². The average molecular weight is 482 g/mol. The first-order chi connectivity index (χ1) is 17.6. The van der Waals surface area contributed by atoms with Gasteiger partial charge in [-0.15, -0.1) is 0 Å². The summed E-state index contributed by atoms with van der Waals surface area (Å²) in [5, 5.41) is 8.65. The Balaban J connectivity index is 1.55. The van der Waals surface area contributed by atoms with Crippen LogP contribution in [0.25, 0.3) is 22.2 Å². The van der Waals surface area contributed by atoms with E-state index in [0.29, 0.717) is 52.0 Å². The molecule has 4 aromatic rings. The maximum Gasteiger partial charge on any atom is 0.338 e. The molecule has 6 rings (SSSR count). The summed E-state index contributed by atoms with van der Waals surface area (Å²) >= 11 is 0. The van der Waals surface area contributed by atoms with Gasteiger partial charge in [0.25, 0.3) is 0 Å². The summed E-state index contributed by atoms with van der Waals surface area (Å²) in [7, 11) is 0. The van der Waals surface area contributed by atoms with Crippen molar-refractivity contribution in [3.05, 3.63) is 71.3 Å². The third-order valence-corrected chi connectivity index (χ3v) is 7.14. The van der Waals surface area contributed by atoms with Crippen molar-refractivity contribution in [2.45, 2.75) is 39.2 Å². The van der Waals surface area contributed by atoms with Gasteiger partial charge in [-0.25, -0.2) is 4.79 Å². The van der Waals surface area contributed by atoms with Crippen molar-refractivity contribution in [1.82, 2.24) is 5.16 Å². The third-order valence-electron chi connectivity index (χ3n) is 7.14. The van der Waals surface area contributed by atoms with Gasteiger partial charge in [-0.3, -0.25) is 4.79 Å². The number of hydrogen-bond acceptors (Lipinski definition) is 7. The second-order valence-corrected chi connectivity index (χ2v) is 9.39. The number of fused-ring (bicyclic) bond motifs is 2. The number of anilines is 3. The van der Waals surface area contributed by atoms with Gasteiger partial charge in [-0.05, 0) is 57.4 Å². The zero-order chi connectivity index (χ0) is 24.8. The molecule has 1 atom stereocenters. The van der Waals surface area contributed by atoms with Crippen molar-refractivity contribution in [2.24, 2.45) is 0 Å². The van der Waals surface area contributed by atoms with E-state index in [-0.39, 0.29) is 11.8 Å². The Kier molecular flexibility index (Phi) is 5.48. The number of benzene rings is 3. The molecular formula is C29H27N3O4. The highest BCUT2D eigenvalue weighted by molar-refractivity contribution is 6.28. The third kappa shape index (κ3) is 3.54. The van der Waals surface area contributed by atoms with Gasteiger partial charge in [0.05, 0.1) is 34.5 Å². The fraction of sp³-hybridized carbons (Fsp3) is 0.276. The number of esters is 1. The maximum atomic E-state index is 13.8. The standard InChI is InChI=1S/C29H27N3O4/c1-3-35-29(34)18-10-8-11-19(15-18)30-22-16-23(32-14-7-6-9-17(32)2)26-25-24(22)27(33)20-12-4-5-13-21(20)28(25)36-31-26/h4-5,8,10-13,15-17,30H,3,6-7,9,14H2,1-2H3/t17-/m0/s1. The van der Waals surface area contributed by atoms with Crippen LogP contribution in [-0.4, -0.2) is 36.1 Å². The first-order valence-corrected chi connectivity index (χ1v) is 12.5. The molecule has 1 N–H and O–H groups in total. The summed E-state index contributed by atoms with van der Waals surface area (Å²) in [6.07, 6.45) is 3.39. The minimum atomic E-state index is -0.382. The van der Waals surface area contributed by atoms with Crippen LogP contribution in [0.15, 0.2) is 59.1 Å². The van der Waals surface area contributed by atoms with E-state index in [1.165, 1.54) is 6.42 Å². The van der Waals surface area contributed by atoms with Gasteiger partial charge in [0.2, 0.25) is 0 Å². The summed E-state index contributed by atoms with van der Waals surface area (Å²) in [6.45, 7) is 5.23. The Morgan fingerprint density at radius 3 is 2.78 bits per heavy atom. The fourth-order valence-electron chi connectivity index (χ4n) is 5.41. The first kappa shape index (κ1) is 22.3. The average Bonchev–Trinajstić information content (AvgIpc) is 3.34. The van der Waals surface area contributed by atoms with E-state index in [1.54, 1.807) is 25.1 Å². The number of rotatable bonds is 5. The quantitative estimate of drug-likeness (QED) is 0.293. The minimum Gasteiger partial charge on any atom is -0.462 e. The molecule has 1 aromatic heterocycles. The van der Waals surface area contributed by atoms with Gasteiger partial charge in [-0.1, -0.05) is 35.5 Å². The van der Waals surface area contributed by atoms with Crippen molar-refractivity contribution < 1.29 is 18.8 Å². The Bertz CT molecular complexity index is 1510. The van der Waals surface area contributed by atoms with Crippen LogP contribution in [0.1, 0.15) is 59.4 Å². The molecule has 1 aliphatic heterocycles. The molecule has 1 aliphatic carbocycles. The number of piperidine rings is 1. The predicted molar refractivity (Wildman–Crippen MR) is 139 cm³/mol. The molecule has 1 saturated heterocycles. The van der Waals surface area contributed by atoms with Gasteiger partial charge in [0, 0.05) is 29.4 Å². The number of carbonyl (C=O) groups is 2. The summed E-state index contributed by atoms with van der Waals surface area (Å²) in [6, 6.07) is 17.0. The fourth-order valence-corrected chi connectivity index (χ4v) is 5.41. The van der Waals surface area contributed by atoms with Crippen molar-refractivity contribution >= 4 is 39.7 Å². The number of aromatic nitrogens is 1. The molecule has 7 nitrogen and oxygen atoms in total. The molecule has 0 spiro atoms. The summed E-state index contributed by atoms with van der Waals surface area (Å²) in [5.41, 5.74) is 5.36. The second kappa shape index (κ2) is 8.82. The smallest absolute Gasteiger partial charge is 0.338 e. The monoisotopic (exact) mass is 481 g/mol. The van der Waals surface area contributed by atoms with E-state index >= 15 is 0 Å². The highest BCUT2D eigenvalue weighted by Gasteiger charge is 2.34. The molecule has 0 saturated carbocycles. The molecule has 0 bridgehead atoms. The van der Waals surface area contributed by atoms with Crippen molar-refractivity contribution in [3.63, 3.8) is 0 Å². The van der Waals surface area contributed by atoms with Crippen molar-refractivity contribution in [1.29, 1.82) is 0 Å². The van der Waals surface area contributed by atoms with E-state index in [1.807, 2.05) is 36.4 Å². The highest BCUT2D eigenvalue weighted by Crippen LogP contribution is 2.47. The summed E-state index contributed by atoms with van der Waals surface area (Å²) in [4.78, 5) is 28.5. The number of nitrogens with zero attached hydrogens (tertiary/aromatic N) is 2. The molecule has 2 aliphatic rings. The number of hydrogen-bond donors (Lipinski definition) is 1. The van der Waals surface area contributed by atoms with Crippen molar-refractivity contribution in [3.8, 4) is 11.3 Å². The van der Waals surface area contributed by atoms with Gasteiger partial charge in [0.15, 0.2) is 11.5 Å². The second-order valence-electron chi connectivity index (χ2n) is 9.39. The van der Waals surface area contributed by atoms with Crippen LogP contribution in [0.4, 0.5) is 17.1 Å². The summed E-state index contributed by atoms with van der Waals surface area (Å²) in [5.74, 6) is 0.158. The van der Waals surface area contributed by atoms with Gasteiger partial charge < -0.3 is 19.5 Å². The molecule has 0 radical (unpaired) electrons. The predicted octanol–water partition coefficient (Wildman–Crippen LogP) is 6.34. The van der Waals surface area contributed by atoms with Crippen LogP contribution in [0.5, 0.6) is 0 Å². The van der Waals surface area contributed by atoms with Gasteiger partial charge >= 0.3 is 5.97 Å². The molecule has 3 aromatic carbocycles. The molecular weight excluding hydrogens is 454 g/mol. The lowest BCUT2D eigenvalue weighted by Gasteiger charge is -2.36. The molecule has 1 fully saturated rings. The van der Waals surface area contributed by atoms with Crippen LogP contribution in [0.3, 0.4) is 0 Å². The Morgan fingerprint density at radius 2 is 1.97 bits per heavy atom. The Hall–Kier alpha value is -4.13. The van der Waals surface area contributed by atoms with E-state index in [4.69, 9.17) is 9.26 Å². The normalized spacial score (nSPS) is 16.7. The summed E-state index contributed by atoms with van der Waals surface area (Å²) < 4.78 is 11.1. The topological polar surface area (TPSA) is 84.7 Å². The van der Waals surface area contributed by atoms with E-state index in [9.17, 15) is 9.59 Å². The van der Waals surface area contributed by atoms with Crippen LogP contribution in [0, 0.1) is 0 Å². The lowest BCUT2D eigenvalue weighted by molar-refractivity contribution is 0.0526. The zero-order valence-corrected chi connectivity index (χ0v) is 20.3. The number of ether oxygens (including phenoxy) is 1. The Morgan fingerprint density at radius 1 is 1.14 bits per heavy atom. The Labute approximate surface area is 209 Å². The minimum absolute atomic E-state index is 0.0754.